The van der Waals surface area contributed by atoms with Crippen molar-refractivity contribution in [3.05, 3.63) is 77.4 Å². The van der Waals surface area contributed by atoms with Crippen LogP contribution in [-0.4, -0.2) is 15.0 Å². The van der Waals surface area contributed by atoms with Gasteiger partial charge in [-0.05, 0) is 24.3 Å². The van der Waals surface area contributed by atoms with Gasteiger partial charge in [-0.15, -0.1) is 0 Å². The van der Waals surface area contributed by atoms with E-state index >= 15 is 0 Å². The molecular formula is C19H12BrN3. The number of hydrogen-bond acceptors (Lipinski definition) is 3. The van der Waals surface area contributed by atoms with Crippen molar-refractivity contribution in [2.24, 2.45) is 0 Å². The topological polar surface area (TPSA) is 38.7 Å². The van der Waals surface area contributed by atoms with Gasteiger partial charge in [0.2, 0.25) is 0 Å². The van der Waals surface area contributed by atoms with Crippen molar-refractivity contribution in [1.82, 2.24) is 15.0 Å². The predicted molar refractivity (Wildman–Crippen MR) is 95.9 cm³/mol. The molecule has 2 heterocycles. The highest BCUT2D eigenvalue weighted by Gasteiger charge is 2.11. The van der Waals surface area contributed by atoms with E-state index in [1.54, 1.807) is 6.20 Å². The van der Waals surface area contributed by atoms with Crippen LogP contribution in [0.2, 0.25) is 0 Å². The Bertz CT molecular complexity index is 967. The van der Waals surface area contributed by atoms with E-state index in [0.29, 0.717) is 5.82 Å². The smallest absolute Gasteiger partial charge is 0.160 e. The zero-order chi connectivity index (χ0) is 15.6. The van der Waals surface area contributed by atoms with Gasteiger partial charge in [0.25, 0.3) is 0 Å². The normalized spacial score (nSPS) is 10.8. The number of halogens is 1. The van der Waals surface area contributed by atoms with Gasteiger partial charge >= 0.3 is 0 Å². The third kappa shape index (κ3) is 2.73. The molecule has 0 N–H and O–H groups in total. The molecule has 0 spiro atoms. The first-order valence-corrected chi connectivity index (χ1v) is 8.05. The fourth-order valence-corrected chi connectivity index (χ4v) is 2.76. The van der Waals surface area contributed by atoms with Crippen molar-refractivity contribution in [3.63, 3.8) is 0 Å². The minimum Gasteiger partial charge on any atom is -0.252 e. The maximum Gasteiger partial charge on any atom is 0.160 e. The van der Waals surface area contributed by atoms with Crippen LogP contribution in [0.5, 0.6) is 0 Å². The second-order valence-corrected chi connectivity index (χ2v) is 6.06. The van der Waals surface area contributed by atoms with Crippen LogP contribution in [0.1, 0.15) is 0 Å². The quantitative estimate of drug-likeness (QED) is 0.497. The third-order valence-electron chi connectivity index (χ3n) is 3.60. The number of pyridine rings is 1. The molecule has 0 fully saturated rings. The lowest BCUT2D eigenvalue weighted by Crippen LogP contribution is -1.96. The second-order valence-electron chi connectivity index (χ2n) is 5.14. The first-order chi connectivity index (χ1) is 11.3. The Kier molecular flexibility index (Phi) is 3.60. The molecule has 110 valence electrons. The Morgan fingerprint density at radius 3 is 2.26 bits per heavy atom. The molecule has 0 amide bonds. The molecule has 2 aromatic carbocycles. The van der Waals surface area contributed by atoms with Gasteiger partial charge < -0.3 is 0 Å². The Hall–Kier alpha value is -2.59. The van der Waals surface area contributed by atoms with Gasteiger partial charge in [-0.3, -0.25) is 4.98 Å². The number of fused-ring (bicyclic) bond motifs is 1. The monoisotopic (exact) mass is 361 g/mol. The minimum absolute atomic E-state index is 0.705. The number of hydrogen-bond donors (Lipinski definition) is 0. The van der Waals surface area contributed by atoms with E-state index in [2.05, 4.69) is 25.9 Å². The first kappa shape index (κ1) is 14.0. The van der Waals surface area contributed by atoms with Gasteiger partial charge in [0.1, 0.15) is 11.2 Å². The first-order valence-electron chi connectivity index (χ1n) is 7.25. The van der Waals surface area contributed by atoms with Crippen LogP contribution in [0.15, 0.2) is 77.4 Å². The summed E-state index contributed by atoms with van der Waals surface area (Å²) in [5, 5.41) is 0. The lowest BCUT2D eigenvalue weighted by molar-refractivity contribution is 1.20. The highest BCUT2D eigenvalue weighted by atomic mass is 79.9. The lowest BCUT2D eigenvalue weighted by Gasteiger charge is -2.08. The number of aromatic nitrogens is 3. The van der Waals surface area contributed by atoms with E-state index in [4.69, 9.17) is 4.98 Å². The molecule has 0 saturated heterocycles. The summed E-state index contributed by atoms with van der Waals surface area (Å²) in [4.78, 5) is 13.9. The maximum atomic E-state index is 4.78. The summed E-state index contributed by atoms with van der Waals surface area (Å²) in [7, 11) is 0. The Balaban J connectivity index is 1.99. The molecule has 4 aromatic rings. The van der Waals surface area contributed by atoms with E-state index in [-0.39, 0.29) is 0 Å². The fraction of sp³-hybridized carbons (Fsp3) is 0. The Morgan fingerprint density at radius 2 is 1.48 bits per heavy atom. The second kappa shape index (κ2) is 5.89. The summed E-state index contributed by atoms with van der Waals surface area (Å²) >= 11 is 3.46. The minimum atomic E-state index is 0.705. The molecule has 4 rings (SSSR count). The Morgan fingerprint density at radius 1 is 0.696 bits per heavy atom. The highest BCUT2D eigenvalue weighted by molar-refractivity contribution is 9.10. The van der Waals surface area contributed by atoms with Gasteiger partial charge in [0.05, 0.1) is 5.52 Å². The number of benzene rings is 2. The molecule has 0 aliphatic carbocycles. The predicted octanol–water partition coefficient (Wildman–Crippen LogP) is 5.12. The van der Waals surface area contributed by atoms with Gasteiger partial charge in [-0.1, -0.05) is 58.4 Å². The average molecular weight is 362 g/mol. The van der Waals surface area contributed by atoms with E-state index in [0.717, 1.165) is 32.3 Å². The molecule has 23 heavy (non-hydrogen) atoms. The summed E-state index contributed by atoms with van der Waals surface area (Å²) in [5.74, 6) is 0.705. The van der Waals surface area contributed by atoms with Crippen LogP contribution in [0, 0.1) is 0 Å². The zero-order valence-electron chi connectivity index (χ0n) is 12.1. The average Bonchev–Trinajstić information content (AvgIpc) is 2.62. The summed E-state index contributed by atoms with van der Waals surface area (Å²) in [6, 6.07) is 22.0. The molecule has 0 bridgehead atoms. The molecule has 0 aliphatic heterocycles. The number of nitrogens with zero attached hydrogens (tertiary/aromatic N) is 3. The van der Waals surface area contributed by atoms with Crippen molar-refractivity contribution < 1.29 is 0 Å². The van der Waals surface area contributed by atoms with Crippen molar-refractivity contribution in [1.29, 1.82) is 0 Å². The molecule has 3 nitrogen and oxygen atoms in total. The molecule has 0 saturated carbocycles. The standard InChI is InChI=1S/C19H12BrN3/c20-15-10-8-14(9-11-15)19-22-16-7-4-12-21-18(16)17(23-19)13-5-2-1-3-6-13/h1-12H. The zero-order valence-corrected chi connectivity index (χ0v) is 13.7. The maximum absolute atomic E-state index is 4.78. The highest BCUT2D eigenvalue weighted by Crippen LogP contribution is 2.27. The molecule has 0 radical (unpaired) electrons. The summed E-state index contributed by atoms with van der Waals surface area (Å²) in [6.07, 6.45) is 1.78. The fourth-order valence-electron chi connectivity index (χ4n) is 2.49. The van der Waals surface area contributed by atoms with Crippen LogP contribution in [-0.2, 0) is 0 Å². The van der Waals surface area contributed by atoms with Gasteiger partial charge in [0.15, 0.2) is 5.82 Å². The largest absolute Gasteiger partial charge is 0.252 e. The lowest BCUT2D eigenvalue weighted by atomic mass is 10.1. The van der Waals surface area contributed by atoms with Gasteiger partial charge in [0, 0.05) is 21.8 Å². The number of rotatable bonds is 2. The van der Waals surface area contributed by atoms with Crippen LogP contribution in [0.4, 0.5) is 0 Å². The molecule has 2 aromatic heterocycles. The summed E-state index contributed by atoms with van der Waals surface area (Å²) < 4.78 is 1.03. The van der Waals surface area contributed by atoms with Crippen LogP contribution >= 0.6 is 15.9 Å². The molecular weight excluding hydrogens is 350 g/mol. The molecule has 0 unspecified atom stereocenters. The van der Waals surface area contributed by atoms with Crippen molar-refractivity contribution in [2.75, 3.05) is 0 Å². The van der Waals surface area contributed by atoms with Crippen molar-refractivity contribution in [2.45, 2.75) is 0 Å². The van der Waals surface area contributed by atoms with Crippen LogP contribution in [0.25, 0.3) is 33.7 Å². The van der Waals surface area contributed by atoms with E-state index < -0.39 is 0 Å². The van der Waals surface area contributed by atoms with Gasteiger partial charge in [-0.2, -0.15) is 0 Å². The van der Waals surface area contributed by atoms with E-state index in [1.807, 2.05) is 66.7 Å². The Labute approximate surface area is 142 Å². The van der Waals surface area contributed by atoms with E-state index in [1.165, 1.54) is 0 Å². The summed E-state index contributed by atoms with van der Waals surface area (Å²) in [6.45, 7) is 0. The van der Waals surface area contributed by atoms with Crippen molar-refractivity contribution in [3.8, 4) is 22.6 Å². The molecule has 0 aliphatic rings. The third-order valence-corrected chi connectivity index (χ3v) is 4.13. The SMILES string of the molecule is Brc1ccc(-c2nc(-c3ccccc3)c3ncccc3n2)cc1. The van der Waals surface area contributed by atoms with Crippen LogP contribution in [0.3, 0.4) is 0 Å². The van der Waals surface area contributed by atoms with Gasteiger partial charge in [-0.25, -0.2) is 9.97 Å². The molecule has 0 atom stereocenters. The summed E-state index contributed by atoms with van der Waals surface area (Å²) in [5.41, 5.74) is 4.54. The molecule has 4 heteroatoms. The van der Waals surface area contributed by atoms with Crippen molar-refractivity contribution >= 4 is 27.0 Å². The van der Waals surface area contributed by atoms with E-state index in [9.17, 15) is 0 Å². The van der Waals surface area contributed by atoms with Crippen LogP contribution < -0.4 is 0 Å².